The number of aliphatic imine (C=N–C) groups is 1. The van der Waals surface area contributed by atoms with Gasteiger partial charge in [0.2, 0.25) is 5.88 Å². The van der Waals surface area contributed by atoms with Crippen LogP contribution in [0, 0.1) is 0 Å². The molecule has 2 aromatic rings. The number of pyridine rings is 1. The van der Waals surface area contributed by atoms with Gasteiger partial charge in [-0.1, -0.05) is 24.3 Å². The Morgan fingerprint density at radius 3 is 2.61 bits per heavy atom. The first kappa shape index (κ1) is 16.6. The molecule has 1 heterocycles. The van der Waals surface area contributed by atoms with E-state index in [1.165, 1.54) is 6.20 Å². The fraction of sp³-hybridized carbons (Fsp3) is 0.200. The predicted octanol–water partition coefficient (Wildman–Crippen LogP) is 2.95. The summed E-state index contributed by atoms with van der Waals surface area (Å²) >= 11 is 0. The van der Waals surface area contributed by atoms with Gasteiger partial charge in [-0.15, -0.1) is 0 Å². The van der Waals surface area contributed by atoms with Crippen molar-refractivity contribution < 1.29 is 17.9 Å². The van der Waals surface area contributed by atoms with E-state index in [9.17, 15) is 13.2 Å². The maximum atomic E-state index is 12.2. The zero-order valence-corrected chi connectivity index (χ0v) is 12.0. The topological polar surface area (TPSA) is 72.5 Å². The molecule has 0 unspecified atom stereocenters. The number of ether oxygens (including phenoxy) is 1. The highest BCUT2D eigenvalue weighted by molar-refractivity contribution is 5.92. The zero-order valence-electron chi connectivity index (χ0n) is 12.0. The first-order valence-electron chi connectivity index (χ1n) is 6.69. The number of halogens is 3. The van der Waals surface area contributed by atoms with E-state index in [1.54, 1.807) is 12.1 Å². The average molecular weight is 324 g/mol. The molecule has 0 fully saturated rings. The molecule has 8 heteroatoms. The lowest BCUT2D eigenvalue weighted by molar-refractivity contribution is -0.154. The molecular formula is C15H15F3N4O. The molecule has 122 valence electrons. The van der Waals surface area contributed by atoms with Gasteiger partial charge in [0, 0.05) is 17.4 Å². The van der Waals surface area contributed by atoms with E-state index in [0.29, 0.717) is 5.56 Å². The number of rotatable bonds is 5. The van der Waals surface area contributed by atoms with Crippen LogP contribution < -0.4 is 15.8 Å². The van der Waals surface area contributed by atoms with Gasteiger partial charge in [-0.3, -0.25) is 0 Å². The second-order valence-electron chi connectivity index (χ2n) is 4.56. The Morgan fingerprint density at radius 2 is 1.91 bits per heavy atom. The highest BCUT2D eigenvalue weighted by Crippen LogP contribution is 2.20. The Balaban J connectivity index is 2.00. The SMILES string of the molecule is NC(=NCc1cccnc1OCC(F)(F)F)Nc1ccccc1. The molecule has 0 aliphatic heterocycles. The van der Waals surface area contributed by atoms with Crippen LogP contribution in [0.2, 0.25) is 0 Å². The van der Waals surface area contributed by atoms with Gasteiger partial charge in [0.1, 0.15) is 0 Å². The van der Waals surface area contributed by atoms with Gasteiger partial charge in [0.25, 0.3) is 0 Å². The smallest absolute Gasteiger partial charge is 0.422 e. The monoisotopic (exact) mass is 324 g/mol. The number of benzene rings is 1. The molecule has 0 spiro atoms. The largest absolute Gasteiger partial charge is 0.468 e. The van der Waals surface area contributed by atoms with E-state index in [2.05, 4.69) is 20.0 Å². The lowest BCUT2D eigenvalue weighted by Gasteiger charge is -2.11. The van der Waals surface area contributed by atoms with Crippen molar-refractivity contribution in [2.45, 2.75) is 12.7 Å². The van der Waals surface area contributed by atoms with E-state index < -0.39 is 12.8 Å². The molecule has 2 rings (SSSR count). The number of aromatic nitrogens is 1. The second-order valence-corrected chi connectivity index (χ2v) is 4.56. The second kappa shape index (κ2) is 7.48. The van der Waals surface area contributed by atoms with Crippen molar-refractivity contribution in [2.24, 2.45) is 10.7 Å². The summed E-state index contributed by atoms with van der Waals surface area (Å²) in [7, 11) is 0. The Hall–Kier alpha value is -2.77. The maximum Gasteiger partial charge on any atom is 0.422 e. The van der Waals surface area contributed by atoms with E-state index in [-0.39, 0.29) is 18.4 Å². The number of hydrogen-bond acceptors (Lipinski definition) is 3. The van der Waals surface area contributed by atoms with Crippen LogP contribution in [0.15, 0.2) is 53.7 Å². The summed E-state index contributed by atoms with van der Waals surface area (Å²) in [4.78, 5) is 7.87. The minimum Gasteiger partial charge on any atom is -0.468 e. The van der Waals surface area contributed by atoms with Crippen LogP contribution in [0.3, 0.4) is 0 Å². The van der Waals surface area contributed by atoms with Gasteiger partial charge in [-0.2, -0.15) is 13.2 Å². The summed E-state index contributed by atoms with van der Waals surface area (Å²) in [5.41, 5.74) is 6.91. The quantitative estimate of drug-likeness (QED) is 0.655. The van der Waals surface area contributed by atoms with Crippen LogP contribution in [0.4, 0.5) is 18.9 Å². The van der Waals surface area contributed by atoms with Gasteiger partial charge >= 0.3 is 6.18 Å². The molecule has 23 heavy (non-hydrogen) atoms. The average Bonchev–Trinajstić information content (AvgIpc) is 2.52. The number of nitrogens with one attached hydrogen (secondary N) is 1. The van der Waals surface area contributed by atoms with E-state index >= 15 is 0 Å². The van der Waals surface area contributed by atoms with Crippen LogP contribution in [0.5, 0.6) is 5.88 Å². The Labute approximate surface area is 131 Å². The minimum atomic E-state index is -4.42. The number of para-hydroxylation sites is 1. The van der Waals surface area contributed by atoms with Crippen molar-refractivity contribution in [3.05, 3.63) is 54.2 Å². The summed E-state index contributed by atoms with van der Waals surface area (Å²) in [6.07, 6.45) is -3.07. The van der Waals surface area contributed by atoms with Crippen LogP contribution >= 0.6 is 0 Å². The predicted molar refractivity (Wildman–Crippen MR) is 81.2 cm³/mol. The zero-order chi connectivity index (χ0) is 16.7. The fourth-order valence-electron chi connectivity index (χ4n) is 1.70. The standard InChI is InChI=1S/C15H15F3N4O/c16-15(17,18)10-23-13-11(5-4-8-20-13)9-21-14(19)22-12-6-2-1-3-7-12/h1-8H,9-10H2,(H3,19,21,22). The Bertz CT molecular complexity index is 659. The van der Waals surface area contributed by atoms with Crippen molar-refractivity contribution in [1.82, 2.24) is 4.98 Å². The summed E-state index contributed by atoms with van der Waals surface area (Å²) in [6, 6.07) is 12.3. The molecule has 0 saturated carbocycles. The number of alkyl halides is 3. The first-order chi connectivity index (χ1) is 10.9. The molecule has 0 atom stereocenters. The van der Waals surface area contributed by atoms with Crippen LogP contribution in [-0.2, 0) is 6.54 Å². The van der Waals surface area contributed by atoms with Crippen molar-refractivity contribution in [3.8, 4) is 5.88 Å². The normalized spacial score (nSPS) is 12.0. The molecule has 5 nitrogen and oxygen atoms in total. The van der Waals surface area contributed by atoms with E-state index in [0.717, 1.165) is 5.69 Å². The Morgan fingerprint density at radius 1 is 1.17 bits per heavy atom. The molecular weight excluding hydrogens is 309 g/mol. The highest BCUT2D eigenvalue weighted by Gasteiger charge is 2.29. The summed E-state index contributed by atoms with van der Waals surface area (Å²) in [5.74, 6) is 0.0305. The number of nitrogens with two attached hydrogens (primary N) is 1. The van der Waals surface area contributed by atoms with Crippen molar-refractivity contribution in [3.63, 3.8) is 0 Å². The third-order valence-electron chi connectivity index (χ3n) is 2.69. The summed E-state index contributed by atoms with van der Waals surface area (Å²) in [5, 5.41) is 2.87. The van der Waals surface area contributed by atoms with E-state index in [1.807, 2.05) is 30.3 Å². The summed E-state index contributed by atoms with van der Waals surface area (Å²) in [6.45, 7) is -1.36. The van der Waals surface area contributed by atoms with Gasteiger partial charge in [0.05, 0.1) is 6.54 Å². The number of anilines is 1. The molecule has 0 bridgehead atoms. The van der Waals surface area contributed by atoms with E-state index in [4.69, 9.17) is 5.73 Å². The molecule has 0 radical (unpaired) electrons. The lowest BCUT2D eigenvalue weighted by atomic mass is 10.3. The lowest BCUT2D eigenvalue weighted by Crippen LogP contribution is -2.23. The third-order valence-corrected chi connectivity index (χ3v) is 2.69. The van der Waals surface area contributed by atoms with Crippen molar-refractivity contribution in [1.29, 1.82) is 0 Å². The van der Waals surface area contributed by atoms with Crippen LogP contribution in [0.25, 0.3) is 0 Å². The summed E-state index contributed by atoms with van der Waals surface area (Å²) < 4.78 is 41.3. The number of guanidine groups is 1. The highest BCUT2D eigenvalue weighted by atomic mass is 19.4. The minimum absolute atomic E-state index is 0.0483. The van der Waals surface area contributed by atoms with Crippen molar-refractivity contribution >= 4 is 11.6 Å². The molecule has 1 aromatic carbocycles. The van der Waals surface area contributed by atoms with Gasteiger partial charge in [0.15, 0.2) is 12.6 Å². The maximum absolute atomic E-state index is 12.2. The number of nitrogens with zero attached hydrogens (tertiary/aromatic N) is 2. The fourth-order valence-corrected chi connectivity index (χ4v) is 1.70. The molecule has 0 aliphatic carbocycles. The van der Waals surface area contributed by atoms with Gasteiger partial charge in [-0.25, -0.2) is 9.98 Å². The molecule has 1 aromatic heterocycles. The molecule has 0 aliphatic rings. The van der Waals surface area contributed by atoms with Gasteiger partial charge < -0.3 is 15.8 Å². The van der Waals surface area contributed by atoms with Crippen LogP contribution in [-0.4, -0.2) is 23.7 Å². The van der Waals surface area contributed by atoms with Gasteiger partial charge in [-0.05, 0) is 18.2 Å². The molecule has 0 amide bonds. The molecule has 0 saturated heterocycles. The third kappa shape index (κ3) is 5.85. The number of hydrogen-bond donors (Lipinski definition) is 2. The molecule has 3 N–H and O–H groups in total. The first-order valence-corrected chi connectivity index (χ1v) is 6.69. The van der Waals surface area contributed by atoms with Crippen molar-refractivity contribution in [2.75, 3.05) is 11.9 Å². The Kier molecular flexibility index (Phi) is 5.40. The van der Waals surface area contributed by atoms with Crippen LogP contribution in [0.1, 0.15) is 5.56 Å².